The zero-order chi connectivity index (χ0) is 25.2. The summed E-state index contributed by atoms with van der Waals surface area (Å²) in [7, 11) is 0. The lowest BCUT2D eigenvalue weighted by atomic mass is 9.42. The molecule has 0 saturated heterocycles. The molecule has 4 aliphatic carbocycles. The molecule has 198 valence electrons. The van der Waals surface area contributed by atoms with Crippen LogP contribution in [-0.2, 0) is 0 Å². The van der Waals surface area contributed by atoms with Crippen molar-refractivity contribution in [1.29, 1.82) is 0 Å². The van der Waals surface area contributed by atoms with Crippen molar-refractivity contribution in [2.75, 3.05) is 0 Å². The van der Waals surface area contributed by atoms with Crippen LogP contribution >= 0.6 is 0 Å². The Labute approximate surface area is 205 Å². The molecule has 0 bridgehead atoms. The molecule has 0 aromatic heterocycles. The average molecular weight is 487 g/mol. The van der Waals surface area contributed by atoms with E-state index in [-0.39, 0.29) is 17.8 Å². The van der Waals surface area contributed by atoms with E-state index >= 15 is 0 Å². The van der Waals surface area contributed by atoms with Gasteiger partial charge in [0.15, 0.2) is 5.60 Å². The first kappa shape index (κ1) is 26.8. The van der Waals surface area contributed by atoms with Crippen molar-refractivity contribution in [2.24, 2.45) is 46.3 Å². The van der Waals surface area contributed by atoms with Crippen LogP contribution in [0.4, 0.5) is 13.2 Å². The molecule has 0 spiro atoms. The number of hydrogen-bond acceptors (Lipinski definition) is 2. The van der Waals surface area contributed by atoms with E-state index in [0.717, 1.165) is 50.9 Å². The molecular formula is C29H49F3O2. The Kier molecular flexibility index (Phi) is 7.02. The molecule has 4 fully saturated rings. The summed E-state index contributed by atoms with van der Waals surface area (Å²) in [4.78, 5) is 0. The third-order valence-electron chi connectivity index (χ3n) is 12.3. The minimum Gasteiger partial charge on any atom is -0.390 e. The first-order chi connectivity index (χ1) is 15.7. The molecule has 5 heteroatoms. The van der Waals surface area contributed by atoms with E-state index in [1.54, 1.807) is 0 Å². The quantitative estimate of drug-likeness (QED) is 0.400. The predicted octanol–water partition coefficient (Wildman–Crippen LogP) is 7.91. The van der Waals surface area contributed by atoms with E-state index in [4.69, 9.17) is 0 Å². The molecule has 0 unspecified atom stereocenters. The van der Waals surface area contributed by atoms with Crippen LogP contribution in [0, 0.1) is 46.3 Å². The van der Waals surface area contributed by atoms with Gasteiger partial charge in [0.1, 0.15) is 0 Å². The molecule has 0 radical (unpaired) electrons. The smallest absolute Gasteiger partial charge is 0.390 e. The fourth-order valence-corrected chi connectivity index (χ4v) is 9.98. The van der Waals surface area contributed by atoms with Gasteiger partial charge >= 0.3 is 6.18 Å². The molecule has 34 heavy (non-hydrogen) atoms. The van der Waals surface area contributed by atoms with Crippen LogP contribution in [0.5, 0.6) is 0 Å². The van der Waals surface area contributed by atoms with Crippen LogP contribution < -0.4 is 0 Å². The maximum absolute atomic E-state index is 13.2. The van der Waals surface area contributed by atoms with Crippen LogP contribution in [0.25, 0.3) is 0 Å². The second kappa shape index (κ2) is 8.92. The highest BCUT2D eigenvalue weighted by atomic mass is 19.4. The third kappa shape index (κ3) is 4.17. The summed E-state index contributed by atoms with van der Waals surface area (Å²) in [6, 6.07) is 0. The van der Waals surface area contributed by atoms with Crippen molar-refractivity contribution < 1.29 is 23.4 Å². The van der Waals surface area contributed by atoms with Crippen molar-refractivity contribution in [3.05, 3.63) is 0 Å². The standard InChI is InChI=1S/C29H49F3O2/c1-6-27(34)16-17-28(7-2)20(18-27)8-9-21-23-11-10-22(25(23,4)14-13-24(21)28)19(3)12-15-26(5,33)29(30,31)32/h19-24,33-34H,6-18H2,1-5H3/t19-,20+,21+,22-,23+,24+,25-,26+,27+,28+/m1/s1. The molecule has 4 saturated carbocycles. The predicted molar refractivity (Wildman–Crippen MR) is 130 cm³/mol. The first-order valence-electron chi connectivity index (χ1n) is 14.2. The Bertz CT molecular complexity index is 735. The maximum atomic E-state index is 13.2. The van der Waals surface area contributed by atoms with Crippen molar-refractivity contribution in [3.8, 4) is 0 Å². The number of alkyl halides is 3. The van der Waals surface area contributed by atoms with Gasteiger partial charge in [-0.25, -0.2) is 0 Å². The number of fused-ring (bicyclic) bond motifs is 5. The second-order valence-electron chi connectivity index (χ2n) is 13.5. The van der Waals surface area contributed by atoms with Gasteiger partial charge in [0.2, 0.25) is 0 Å². The van der Waals surface area contributed by atoms with Crippen molar-refractivity contribution in [2.45, 2.75) is 135 Å². The fraction of sp³-hybridized carbons (Fsp3) is 1.00. The minimum absolute atomic E-state index is 0.200. The summed E-state index contributed by atoms with van der Waals surface area (Å²) in [6.07, 6.45) is 8.09. The highest BCUT2D eigenvalue weighted by Crippen LogP contribution is 2.69. The third-order valence-corrected chi connectivity index (χ3v) is 12.3. The SMILES string of the molecule is CC[C@]1(O)CC[C@@]2(CC)[C@@H](CC[C@H]3[C@@H]4CC[C@H]([C@H](C)CC[C@](C)(O)C(F)(F)F)[C@@]4(C)CC[C@@H]32)C1. The molecular weight excluding hydrogens is 437 g/mol. The van der Waals surface area contributed by atoms with Gasteiger partial charge < -0.3 is 10.2 Å². The minimum atomic E-state index is -4.57. The first-order valence-corrected chi connectivity index (χ1v) is 14.2. The molecule has 0 aromatic carbocycles. The summed E-state index contributed by atoms with van der Waals surface area (Å²) >= 11 is 0. The monoisotopic (exact) mass is 486 g/mol. The van der Waals surface area contributed by atoms with Gasteiger partial charge in [0.25, 0.3) is 0 Å². The molecule has 0 aliphatic heterocycles. The summed E-state index contributed by atoms with van der Waals surface area (Å²) < 4.78 is 39.6. The largest absolute Gasteiger partial charge is 0.416 e. The van der Waals surface area contributed by atoms with Gasteiger partial charge in [-0.15, -0.1) is 0 Å². The van der Waals surface area contributed by atoms with E-state index in [2.05, 4.69) is 27.7 Å². The van der Waals surface area contributed by atoms with E-state index in [1.807, 2.05) is 0 Å². The molecule has 2 N–H and O–H groups in total. The summed E-state index contributed by atoms with van der Waals surface area (Å²) in [6.45, 7) is 10.0. The summed E-state index contributed by atoms with van der Waals surface area (Å²) in [5, 5.41) is 21.1. The highest BCUT2D eigenvalue weighted by Gasteiger charge is 2.62. The molecule has 10 atom stereocenters. The molecule has 0 heterocycles. The van der Waals surface area contributed by atoms with E-state index in [1.165, 1.54) is 38.5 Å². The fourth-order valence-electron chi connectivity index (χ4n) is 9.98. The zero-order valence-corrected chi connectivity index (χ0v) is 22.2. The normalized spacial score (nSPS) is 47.3. The number of hydrogen-bond donors (Lipinski definition) is 2. The average Bonchev–Trinajstić information content (AvgIpc) is 3.13. The number of aliphatic hydroxyl groups is 2. The van der Waals surface area contributed by atoms with Gasteiger partial charge in [-0.3, -0.25) is 0 Å². The lowest BCUT2D eigenvalue weighted by Gasteiger charge is -2.63. The van der Waals surface area contributed by atoms with Crippen molar-refractivity contribution in [1.82, 2.24) is 0 Å². The van der Waals surface area contributed by atoms with Crippen molar-refractivity contribution in [3.63, 3.8) is 0 Å². The van der Waals surface area contributed by atoms with E-state index in [0.29, 0.717) is 29.6 Å². The van der Waals surface area contributed by atoms with Crippen LogP contribution in [-0.4, -0.2) is 27.6 Å². The Morgan fingerprint density at radius 2 is 1.65 bits per heavy atom. The van der Waals surface area contributed by atoms with Gasteiger partial charge in [0.05, 0.1) is 5.60 Å². The van der Waals surface area contributed by atoms with Crippen LogP contribution in [0.2, 0.25) is 0 Å². The molecule has 4 rings (SSSR count). The van der Waals surface area contributed by atoms with Gasteiger partial charge in [-0.1, -0.05) is 27.7 Å². The Morgan fingerprint density at radius 1 is 0.941 bits per heavy atom. The maximum Gasteiger partial charge on any atom is 0.416 e. The lowest BCUT2D eigenvalue weighted by molar-refractivity contribution is -0.256. The number of halogens is 3. The molecule has 4 aliphatic rings. The lowest BCUT2D eigenvalue weighted by Crippen LogP contribution is -2.57. The Hall–Kier alpha value is -0.290. The summed E-state index contributed by atoms with van der Waals surface area (Å²) in [5.41, 5.74) is -2.47. The van der Waals surface area contributed by atoms with Gasteiger partial charge in [-0.05, 0) is 137 Å². The van der Waals surface area contributed by atoms with Gasteiger partial charge in [-0.2, -0.15) is 13.2 Å². The Morgan fingerprint density at radius 3 is 2.26 bits per heavy atom. The summed E-state index contributed by atoms with van der Waals surface area (Å²) in [5.74, 6) is 3.45. The molecule has 2 nitrogen and oxygen atoms in total. The number of rotatable bonds is 6. The molecule has 0 aromatic rings. The molecule has 0 amide bonds. The Balaban J connectivity index is 1.49. The van der Waals surface area contributed by atoms with Crippen LogP contribution in [0.1, 0.15) is 118 Å². The van der Waals surface area contributed by atoms with Crippen LogP contribution in [0.3, 0.4) is 0 Å². The topological polar surface area (TPSA) is 40.5 Å². The van der Waals surface area contributed by atoms with Crippen LogP contribution in [0.15, 0.2) is 0 Å². The highest BCUT2D eigenvalue weighted by molar-refractivity contribution is 5.11. The van der Waals surface area contributed by atoms with E-state index < -0.39 is 17.4 Å². The second-order valence-corrected chi connectivity index (χ2v) is 13.5. The van der Waals surface area contributed by atoms with Crippen molar-refractivity contribution >= 4 is 0 Å². The van der Waals surface area contributed by atoms with Gasteiger partial charge in [0, 0.05) is 0 Å². The van der Waals surface area contributed by atoms with E-state index in [9.17, 15) is 23.4 Å². The zero-order valence-electron chi connectivity index (χ0n) is 22.2.